The highest BCUT2D eigenvalue weighted by Crippen LogP contribution is 2.32. The molecule has 38 heavy (non-hydrogen) atoms. The van der Waals surface area contributed by atoms with Crippen LogP contribution in [-0.4, -0.2) is 38.0 Å². The van der Waals surface area contributed by atoms with E-state index in [1.54, 1.807) is 37.4 Å². The summed E-state index contributed by atoms with van der Waals surface area (Å²) in [6, 6.07) is 17.6. The van der Waals surface area contributed by atoms with Gasteiger partial charge in [0.25, 0.3) is 11.8 Å². The van der Waals surface area contributed by atoms with Crippen LogP contribution in [0.15, 0.2) is 65.8 Å². The fourth-order valence-electron chi connectivity index (χ4n) is 3.88. The van der Waals surface area contributed by atoms with Gasteiger partial charge in [-0.2, -0.15) is 5.10 Å². The van der Waals surface area contributed by atoms with Crippen LogP contribution in [0.1, 0.15) is 40.9 Å². The molecule has 2 amide bonds. The Morgan fingerprint density at radius 1 is 1.03 bits per heavy atom. The molecule has 198 valence electrons. The van der Waals surface area contributed by atoms with E-state index in [4.69, 9.17) is 18.9 Å². The lowest BCUT2D eigenvalue weighted by atomic mass is 10.0. The maximum atomic E-state index is 12.8. The first-order valence-electron chi connectivity index (χ1n) is 12.2. The molecule has 3 aromatic carbocycles. The summed E-state index contributed by atoms with van der Waals surface area (Å²) in [7, 11) is 1.56. The first-order chi connectivity index (χ1) is 18.3. The van der Waals surface area contributed by atoms with Gasteiger partial charge in [-0.1, -0.05) is 43.7 Å². The largest absolute Gasteiger partial charge is 0.493 e. The minimum Gasteiger partial charge on any atom is -0.493 e. The number of benzene rings is 3. The van der Waals surface area contributed by atoms with Crippen molar-refractivity contribution >= 4 is 18.0 Å². The summed E-state index contributed by atoms with van der Waals surface area (Å²) >= 11 is 0. The highest BCUT2D eigenvalue weighted by molar-refractivity contribution is 5.98. The summed E-state index contributed by atoms with van der Waals surface area (Å²) in [6.45, 7) is 6.25. The number of carbonyl (C=O) groups is 2. The van der Waals surface area contributed by atoms with Crippen LogP contribution in [0.2, 0.25) is 0 Å². The number of amides is 2. The van der Waals surface area contributed by atoms with Gasteiger partial charge in [0.15, 0.2) is 23.0 Å². The number of ether oxygens (including phenoxy) is 4. The van der Waals surface area contributed by atoms with Crippen molar-refractivity contribution < 1.29 is 28.5 Å². The molecule has 0 fully saturated rings. The predicted molar refractivity (Wildman–Crippen MR) is 143 cm³/mol. The highest BCUT2D eigenvalue weighted by Gasteiger charge is 2.25. The van der Waals surface area contributed by atoms with Crippen LogP contribution in [0.4, 0.5) is 0 Å². The van der Waals surface area contributed by atoms with E-state index in [9.17, 15) is 9.59 Å². The molecule has 1 aliphatic rings. The number of hydrogen-bond acceptors (Lipinski definition) is 7. The van der Waals surface area contributed by atoms with E-state index < -0.39 is 17.9 Å². The first-order valence-corrected chi connectivity index (χ1v) is 12.2. The number of rotatable bonds is 10. The van der Waals surface area contributed by atoms with Crippen molar-refractivity contribution in [3.05, 3.63) is 82.9 Å². The molecule has 0 bridgehead atoms. The number of hydrogen-bond donors (Lipinski definition) is 2. The van der Waals surface area contributed by atoms with Crippen LogP contribution < -0.4 is 29.7 Å². The molecular formula is C29H31N3O6. The Balaban J connectivity index is 1.35. The number of hydrazone groups is 1. The van der Waals surface area contributed by atoms with Gasteiger partial charge in [0, 0.05) is 5.56 Å². The molecule has 9 heteroatoms. The SMILES string of the molecule is COc1cc(C=NNC(=O)C(NC(=O)c2ccc3c(c2)OCO3)C(C)C)ccc1OCc1cccc(C)c1. The normalized spacial score (nSPS) is 12.9. The molecule has 3 aromatic rings. The number of methoxy groups -OCH3 is 1. The summed E-state index contributed by atoms with van der Waals surface area (Å²) in [4.78, 5) is 25.6. The molecular weight excluding hydrogens is 486 g/mol. The molecule has 0 saturated carbocycles. The van der Waals surface area contributed by atoms with Gasteiger partial charge in [-0.15, -0.1) is 0 Å². The summed E-state index contributed by atoms with van der Waals surface area (Å²) in [5, 5.41) is 6.84. The van der Waals surface area contributed by atoms with Crippen LogP contribution in [0, 0.1) is 12.8 Å². The van der Waals surface area contributed by atoms with E-state index in [2.05, 4.69) is 21.9 Å². The summed E-state index contributed by atoms with van der Waals surface area (Å²) < 4.78 is 22.0. The van der Waals surface area contributed by atoms with Gasteiger partial charge in [0.2, 0.25) is 6.79 Å². The maximum absolute atomic E-state index is 12.8. The number of carbonyl (C=O) groups excluding carboxylic acids is 2. The molecule has 0 aromatic heterocycles. The van der Waals surface area contributed by atoms with Crippen LogP contribution in [0.3, 0.4) is 0 Å². The number of nitrogens with zero attached hydrogens (tertiary/aromatic N) is 1. The second-order valence-corrected chi connectivity index (χ2v) is 9.19. The minimum atomic E-state index is -0.794. The van der Waals surface area contributed by atoms with Crippen LogP contribution in [-0.2, 0) is 11.4 Å². The highest BCUT2D eigenvalue weighted by atomic mass is 16.7. The van der Waals surface area contributed by atoms with Gasteiger partial charge >= 0.3 is 0 Å². The van der Waals surface area contributed by atoms with Crippen molar-refractivity contribution in [3.63, 3.8) is 0 Å². The van der Waals surface area contributed by atoms with E-state index in [0.717, 1.165) is 5.56 Å². The average Bonchev–Trinajstić information content (AvgIpc) is 3.38. The van der Waals surface area contributed by atoms with Crippen molar-refractivity contribution in [2.75, 3.05) is 13.9 Å². The molecule has 1 heterocycles. The second-order valence-electron chi connectivity index (χ2n) is 9.19. The quantitative estimate of drug-likeness (QED) is 0.308. The van der Waals surface area contributed by atoms with Crippen LogP contribution in [0.25, 0.3) is 0 Å². The fraction of sp³-hybridized carbons (Fsp3) is 0.276. The van der Waals surface area contributed by atoms with E-state index in [1.165, 1.54) is 11.8 Å². The van der Waals surface area contributed by atoms with E-state index in [-0.39, 0.29) is 12.7 Å². The average molecular weight is 518 g/mol. The van der Waals surface area contributed by atoms with Gasteiger partial charge < -0.3 is 24.3 Å². The van der Waals surface area contributed by atoms with E-state index >= 15 is 0 Å². The lowest BCUT2D eigenvalue weighted by molar-refractivity contribution is -0.123. The number of nitrogens with one attached hydrogen (secondary N) is 2. The zero-order chi connectivity index (χ0) is 27.1. The Labute approximate surface area is 221 Å². The Morgan fingerprint density at radius 2 is 1.84 bits per heavy atom. The second kappa shape index (κ2) is 12.1. The van der Waals surface area contributed by atoms with Crippen molar-refractivity contribution in [2.24, 2.45) is 11.0 Å². The van der Waals surface area contributed by atoms with Crippen LogP contribution in [0.5, 0.6) is 23.0 Å². The Kier molecular flexibility index (Phi) is 8.47. The lowest BCUT2D eigenvalue weighted by Gasteiger charge is -2.20. The first kappa shape index (κ1) is 26.5. The monoisotopic (exact) mass is 517 g/mol. The minimum absolute atomic E-state index is 0.116. The van der Waals surface area contributed by atoms with Crippen molar-refractivity contribution in [3.8, 4) is 23.0 Å². The van der Waals surface area contributed by atoms with Crippen molar-refractivity contribution in [1.82, 2.24) is 10.7 Å². The standard InChI is InChI=1S/C29H31N3O6/c1-18(2)27(31-28(33)22-9-11-24-26(14-22)38-17-37-24)29(34)32-30-15-20-8-10-23(25(13-20)35-4)36-16-21-7-5-6-19(3)12-21/h5-15,18,27H,16-17H2,1-4H3,(H,31,33)(H,32,34). The van der Waals surface area contributed by atoms with E-state index in [0.29, 0.717) is 40.7 Å². The summed E-state index contributed by atoms with van der Waals surface area (Å²) in [5.41, 5.74) is 5.81. The summed E-state index contributed by atoms with van der Waals surface area (Å²) in [5.74, 6) is 1.22. The van der Waals surface area contributed by atoms with Crippen molar-refractivity contribution in [2.45, 2.75) is 33.4 Å². The molecule has 0 radical (unpaired) electrons. The van der Waals surface area contributed by atoms with E-state index in [1.807, 2.05) is 45.0 Å². The topological polar surface area (TPSA) is 107 Å². The van der Waals surface area contributed by atoms with Gasteiger partial charge in [-0.05, 0) is 60.4 Å². The third kappa shape index (κ3) is 6.61. The third-order valence-corrected chi connectivity index (χ3v) is 5.92. The Bertz CT molecular complexity index is 1340. The number of aryl methyl sites for hydroxylation is 1. The van der Waals surface area contributed by atoms with Gasteiger partial charge in [0.1, 0.15) is 12.6 Å². The third-order valence-electron chi connectivity index (χ3n) is 5.92. The van der Waals surface area contributed by atoms with Crippen LogP contribution >= 0.6 is 0 Å². The zero-order valence-corrected chi connectivity index (χ0v) is 21.8. The molecule has 2 N–H and O–H groups in total. The van der Waals surface area contributed by atoms with Crippen molar-refractivity contribution in [1.29, 1.82) is 0 Å². The Hall–Kier alpha value is -4.53. The van der Waals surface area contributed by atoms with Gasteiger partial charge in [-0.3, -0.25) is 9.59 Å². The molecule has 0 spiro atoms. The van der Waals surface area contributed by atoms with Gasteiger partial charge in [0.05, 0.1) is 13.3 Å². The molecule has 1 aliphatic heterocycles. The smallest absolute Gasteiger partial charge is 0.262 e. The molecule has 0 saturated heterocycles. The summed E-state index contributed by atoms with van der Waals surface area (Å²) in [6.07, 6.45) is 1.50. The zero-order valence-electron chi connectivity index (χ0n) is 21.8. The molecule has 9 nitrogen and oxygen atoms in total. The Morgan fingerprint density at radius 3 is 2.61 bits per heavy atom. The molecule has 4 rings (SSSR count). The predicted octanol–water partition coefficient (Wildman–Crippen LogP) is 4.22. The molecule has 0 aliphatic carbocycles. The fourth-order valence-corrected chi connectivity index (χ4v) is 3.88. The molecule has 1 atom stereocenters. The van der Waals surface area contributed by atoms with Gasteiger partial charge in [-0.25, -0.2) is 5.43 Å². The number of fused-ring (bicyclic) bond motifs is 1. The molecule has 1 unspecified atom stereocenters. The maximum Gasteiger partial charge on any atom is 0.262 e. The lowest BCUT2D eigenvalue weighted by Crippen LogP contribution is -2.48.